The van der Waals surface area contributed by atoms with Gasteiger partial charge in [0, 0.05) is 19.5 Å². The Morgan fingerprint density at radius 1 is 1.06 bits per heavy atom. The predicted octanol–water partition coefficient (Wildman–Crippen LogP) is 3.44. The van der Waals surface area contributed by atoms with E-state index >= 15 is 0 Å². The van der Waals surface area contributed by atoms with Gasteiger partial charge in [-0.2, -0.15) is 0 Å². The maximum Gasteiger partial charge on any atom is 0.397 e. The fourth-order valence-electron chi connectivity index (χ4n) is 5.31. The molecule has 2 unspecified atom stereocenters. The van der Waals surface area contributed by atoms with Crippen LogP contribution >= 0.6 is 0 Å². The van der Waals surface area contributed by atoms with Gasteiger partial charge in [-0.1, -0.05) is 48.3 Å². The van der Waals surface area contributed by atoms with Crippen molar-refractivity contribution >= 4 is 29.4 Å². The number of aliphatic imine (C=N–C) groups is 1. The Bertz CT molecular complexity index is 1180. The van der Waals surface area contributed by atoms with E-state index in [0.717, 1.165) is 37.6 Å². The summed E-state index contributed by atoms with van der Waals surface area (Å²) in [7, 11) is 1.73. The van der Waals surface area contributed by atoms with E-state index in [-0.39, 0.29) is 11.9 Å². The zero-order valence-corrected chi connectivity index (χ0v) is 20.4. The molecule has 7 nitrogen and oxygen atoms in total. The van der Waals surface area contributed by atoms with Gasteiger partial charge < -0.3 is 0 Å². The minimum absolute atomic E-state index is 0.167. The number of nitrogens with zero attached hydrogens (tertiary/aromatic N) is 5. The molecule has 2 aromatic carbocycles. The van der Waals surface area contributed by atoms with Crippen LogP contribution < -0.4 is 4.90 Å². The van der Waals surface area contributed by atoms with Gasteiger partial charge in [-0.05, 0) is 55.5 Å². The van der Waals surface area contributed by atoms with E-state index in [0.29, 0.717) is 18.3 Å². The van der Waals surface area contributed by atoms with Crippen LogP contribution in [-0.2, 0) is 11.2 Å². The van der Waals surface area contributed by atoms with Gasteiger partial charge in [0.25, 0.3) is 5.91 Å². The first-order valence-electron chi connectivity index (χ1n) is 12.0. The summed E-state index contributed by atoms with van der Waals surface area (Å²) in [4.78, 5) is 36.8. The summed E-state index contributed by atoms with van der Waals surface area (Å²) in [5, 5.41) is 0. The van der Waals surface area contributed by atoms with Crippen LogP contribution in [0.3, 0.4) is 0 Å². The smallest absolute Gasteiger partial charge is 0.270 e. The number of guanidine groups is 1. The number of carbonyl (C=O) groups is 2. The lowest BCUT2D eigenvalue weighted by Crippen LogP contribution is -2.63. The van der Waals surface area contributed by atoms with Crippen molar-refractivity contribution in [2.45, 2.75) is 39.7 Å². The van der Waals surface area contributed by atoms with E-state index in [1.54, 1.807) is 11.9 Å². The molecule has 3 heterocycles. The Kier molecular flexibility index (Phi) is 5.71. The molecule has 3 aliphatic heterocycles. The number of anilines is 1. The fourth-order valence-corrected chi connectivity index (χ4v) is 5.31. The van der Waals surface area contributed by atoms with Crippen LogP contribution in [0.15, 0.2) is 53.5 Å². The van der Waals surface area contributed by atoms with Gasteiger partial charge in [0.1, 0.15) is 5.69 Å². The Morgan fingerprint density at radius 2 is 1.76 bits per heavy atom. The number of fused-ring (bicyclic) bond motifs is 2. The third-order valence-electron chi connectivity index (χ3n) is 6.84. The van der Waals surface area contributed by atoms with E-state index in [2.05, 4.69) is 60.6 Å². The Hall–Kier alpha value is -3.48. The standard InChI is InChI=1S/C27H32N5O2/c1-18-13-19(2)15-22(14-18)31-16-20(3)17-32-23-24(28-26(31)32)29(4)27(34)30(25(23)33)12-8-11-21-9-6-5-7-10-21/h5-7,9-10,13-15,20,23H,8,11-12,16-17H2,1-4H3/q+1. The average Bonchev–Trinajstić information content (AvgIpc) is 3.19. The Labute approximate surface area is 201 Å². The molecule has 2 atom stereocenters. The van der Waals surface area contributed by atoms with Crippen LogP contribution in [0.1, 0.15) is 30.0 Å². The Balaban J connectivity index is 1.43. The first-order valence-corrected chi connectivity index (χ1v) is 12.0. The lowest BCUT2D eigenvalue weighted by atomic mass is 10.0. The van der Waals surface area contributed by atoms with Crippen LogP contribution in [0.25, 0.3) is 0 Å². The van der Waals surface area contributed by atoms with Gasteiger partial charge in [0.2, 0.25) is 11.9 Å². The molecule has 2 aromatic rings. The molecular weight excluding hydrogens is 426 g/mol. The number of hydrogen-bond donors (Lipinski definition) is 0. The van der Waals surface area contributed by atoms with Crippen LogP contribution in [0.2, 0.25) is 0 Å². The Morgan fingerprint density at radius 3 is 2.47 bits per heavy atom. The predicted molar refractivity (Wildman–Crippen MR) is 133 cm³/mol. The lowest BCUT2D eigenvalue weighted by Gasteiger charge is -2.35. The van der Waals surface area contributed by atoms with Crippen molar-refractivity contribution < 1.29 is 14.2 Å². The molecule has 0 bridgehead atoms. The van der Waals surface area contributed by atoms with Crippen molar-refractivity contribution in [3.05, 3.63) is 65.2 Å². The van der Waals surface area contributed by atoms with Crippen molar-refractivity contribution in [1.82, 2.24) is 9.80 Å². The molecule has 34 heavy (non-hydrogen) atoms. The highest BCUT2D eigenvalue weighted by Crippen LogP contribution is 2.29. The number of carbonyl (C=O) groups excluding carboxylic acids is 2. The summed E-state index contributed by atoms with van der Waals surface area (Å²) >= 11 is 0. The summed E-state index contributed by atoms with van der Waals surface area (Å²) in [6.45, 7) is 8.35. The molecular formula is C27H32N5O2+. The zero-order chi connectivity index (χ0) is 24.0. The molecule has 0 radical (unpaired) electrons. The van der Waals surface area contributed by atoms with Gasteiger partial charge >= 0.3 is 12.0 Å². The van der Waals surface area contributed by atoms with Crippen molar-refractivity contribution in [2.75, 3.05) is 31.6 Å². The van der Waals surface area contributed by atoms with Gasteiger partial charge in [0.15, 0.2) is 0 Å². The molecule has 1 saturated heterocycles. The van der Waals surface area contributed by atoms with Gasteiger partial charge in [-0.15, -0.1) is 0 Å². The second-order valence-electron chi connectivity index (χ2n) is 9.81. The molecule has 176 valence electrons. The normalized spacial score (nSPS) is 22.2. The highest BCUT2D eigenvalue weighted by atomic mass is 16.2. The van der Waals surface area contributed by atoms with E-state index in [1.807, 2.05) is 18.2 Å². The number of urea groups is 1. The molecule has 1 fully saturated rings. The number of aryl methyl sites for hydroxylation is 3. The first-order chi connectivity index (χ1) is 16.3. The summed E-state index contributed by atoms with van der Waals surface area (Å²) in [5.74, 6) is 1.48. The van der Waals surface area contributed by atoms with E-state index in [4.69, 9.17) is 4.99 Å². The first kappa shape index (κ1) is 22.3. The minimum Gasteiger partial charge on any atom is -0.270 e. The van der Waals surface area contributed by atoms with Crippen LogP contribution in [-0.4, -0.2) is 70.8 Å². The number of likely N-dealkylation sites (N-methyl/N-ethyl adjacent to an activating group) is 1. The van der Waals surface area contributed by atoms with Crippen molar-refractivity contribution in [1.29, 1.82) is 0 Å². The van der Waals surface area contributed by atoms with Gasteiger partial charge in [-0.25, -0.2) is 14.3 Å². The second kappa shape index (κ2) is 8.70. The van der Waals surface area contributed by atoms with Gasteiger partial charge in [-0.3, -0.25) is 14.6 Å². The lowest BCUT2D eigenvalue weighted by molar-refractivity contribution is -0.545. The summed E-state index contributed by atoms with van der Waals surface area (Å²) in [6, 6.07) is 15.8. The number of benzene rings is 2. The number of amides is 3. The largest absolute Gasteiger partial charge is 0.397 e. The molecule has 3 amide bonds. The van der Waals surface area contributed by atoms with E-state index in [1.165, 1.54) is 21.6 Å². The highest BCUT2D eigenvalue weighted by Gasteiger charge is 2.54. The molecule has 5 rings (SSSR count). The average molecular weight is 459 g/mol. The maximum absolute atomic E-state index is 13.6. The van der Waals surface area contributed by atoms with E-state index < -0.39 is 6.04 Å². The molecule has 0 saturated carbocycles. The topological polar surface area (TPSA) is 59.2 Å². The van der Waals surface area contributed by atoms with Gasteiger partial charge in [0.05, 0.1) is 13.1 Å². The molecule has 7 heteroatoms. The third kappa shape index (κ3) is 3.89. The van der Waals surface area contributed by atoms with Crippen LogP contribution in [0, 0.1) is 19.8 Å². The summed E-state index contributed by atoms with van der Waals surface area (Å²) in [5.41, 5.74) is 4.67. The SMILES string of the molecule is Cc1cc(C)cc(N2CC(C)C[N+]3=C2N=C2C3C(=O)N(CCCc3ccccc3)C(=O)N2C)c1. The van der Waals surface area contributed by atoms with Crippen molar-refractivity contribution in [3.63, 3.8) is 0 Å². The summed E-state index contributed by atoms with van der Waals surface area (Å²) < 4.78 is 2.09. The number of rotatable bonds is 5. The molecule has 3 aliphatic rings. The maximum atomic E-state index is 13.6. The zero-order valence-electron chi connectivity index (χ0n) is 20.4. The third-order valence-corrected chi connectivity index (χ3v) is 6.84. The van der Waals surface area contributed by atoms with Crippen LogP contribution in [0.5, 0.6) is 0 Å². The molecule has 0 N–H and O–H groups in total. The monoisotopic (exact) mass is 458 g/mol. The minimum atomic E-state index is -0.550. The quantitative estimate of drug-likeness (QED) is 0.645. The number of imide groups is 1. The van der Waals surface area contributed by atoms with Crippen molar-refractivity contribution in [2.24, 2.45) is 10.9 Å². The van der Waals surface area contributed by atoms with E-state index in [9.17, 15) is 9.59 Å². The second-order valence-corrected chi connectivity index (χ2v) is 9.81. The summed E-state index contributed by atoms with van der Waals surface area (Å²) in [6.07, 6.45) is 1.56. The van der Waals surface area contributed by atoms with Crippen LogP contribution in [0.4, 0.5) is 10.5 Å². The number of amidine groups is 1. The molecule has 0 spiro atoms. The molecule has 0 aliphatic carbocycles. The van der Waals surface area contributed by atoms with Crippen molar-refractivity contribution in [3.8, 4) is 0 Å². The highest BCUT2D eigenvalue weighted by molar-refractivity contribution is 6.24. The number of hydrogen-bond acceptors (Lipinski definition) is 4. The molecule has 0 aromatic heterocycles. The fraction of sp³-hybridized carbons (Fsp3) is 0.407.